The van der Waals surface area contributed by atoms with Crippen molar-refractivity contribution in [3.05, 3.63) is 53.1 Å². The summed E-state index contributed by atoms with van der Waals surface area (Å²) in [5.74, 6) is 2.36. The van der Waals surface area contributed by atoms with Gasteiger partial charge in [-0.25, -0.2) is 0 Å². The molecule has 0 radical (unpaired) electrons. The zero-order chi connectivity index (χ0) is 18.5. The Morgan fingerprint density at radius 2 is 1.81 bits per heavy atom. The number of aryl methyl sites for hydroxylation is 1. The Balaban J connectivity index is 1.55. The maximum Gasteiger partial charge on any atom is 0.231 e. The van der Waals surface area contributed by atoms with Gasteiger partial charge in [0.05, 0.1) is 0 Å². The topological polar surface area (TPSA) is 58.1 Å². The second kappa shape index (κ2) is 7.99. The van der Waals surface area contributed by atoms with E-state index < -0.39 is 0 Å². The van der Waals surface area contributed by atoms with Crippen LogP contribution in [0.5, 0.6) is 11.5 Å². The minimum absolute atomic E-state index is 0.293. The summed E-state index contributed by atoms with van der Waals surface area (Å²) in [5.41, 5.74) is 4.83. The number of nitrogens with zero attached hydrogens (tertiary/aromatic N) is 2. The van der Waals surface area contributed by atoms with Crippen molar-refractivity contribution < 1.29 is 9.47 Å². The summed E-state index contributed by atoms with van der Waals surface area (Å²) in [6, 6.07) is 12.4. The molecule has 0 unspecified atom stereocenters. The summed E-state index contributed by atoms with van der Waals surface area (Å²) in [6.45, 7) is 3.81. The molecule has 0 bridgehead atoms. The number of benzene rings is 2. The highest BCUT2D eigenvalue weighted by atomic mass is 16.7. The SMILES string of the molecule is CN=C(NCc1ccc2c(c1)OCO2)NCc1ccc(N(C)C)cc1C. The third-order valence-electron chi connectivity index (χ3n) is 4.41. The van der Waals surface area contributed by atoms with Gasteiger partial charge in [0, 0.05) is 39.9 Å². The molecule has 26 heavy (non-hydrogen) atoms. The number of fused-ring (bicyclic) bond motifs is 1. The fourth-order valence-electron chi connectivity index (χ4n) is 2.79. The highest BCUT2D eigenvalue weighted by molar-refractivity contribution is 5.79. The third-order valence-corrected chi connectivity index (χ3v) is 4.41. The average molecular weight is 354 g/mol. The van der Waals surface area contributed by atoms with Crippen LogP contribution in [0.15, 0.2) is 41.4 Å². The lowest BCUT2D eigenvalue weighted by atomic mass is 10.1. The van der Waals surface area contributed by atoms with E-state index in [0.29, 0.717) is 13.3 Å². The quantitative estimate of drug-likeness (QED) is 0.639. The maximum absolute atomic E-state index is 5.42. The van der Waals surface area contributed by atoms with Crippen LogP contribution < -0.4 is 25.0 Å². The number of hydrogen-bond donors (Lipinski definition) is 2. The van der Waals surface area contributed by atoms with E-state index in [-0.39, 0.29) is 0 Å². The first-order valence-electron chi connectivity index (χ1n) is 8.66. The van der Waals surface area contributed by atoms with Gasteiger partial charge in [0.1, 0.15) is 0 Å². The van der Waals surface area contributed by atoms with Crippen LogP contribution in [0.25, 0.3) is 0 Å². The molecular formula is C20H26N4O2. The number of anilines is 1. The second-order valence-corrected chi connectivity index (χ2v) is 6.47. The number of guanidine groups is 1. The van der Waals surface area contributed by atoms with Crippen molar-refractivity contribution >= 4 is 11.6 Å². The Bertz CT molecular complexity index is 802. The summed E-state index contributed by atoms with van der Waals surface area (Å²) in [7, 11) is 5.88. The summed E-state index contributed by atoms with van der Waals surface area (Å²) in [4.78, 5) is 6.40. The third kappa shape index (κ3) is 4.20. The molecular weight excluding hydrogens is 328 g/mol. The van der Waals surface area contributed by atoms with E-state index in [1.54, 1.807) is 7.05 Å². The molecule has 0 atom stereocenters. The van der Waals surface area contributed by atoms with Gasteiger partial charge >= 0.3 is 0 Å². The average Bonchev–Trinajstić information content (AvgIpc) is 3.10. The van der Waals surface area contributed by atoms with Crippen LogP contribution in [-0.4, -0.2) is 33.9 Å². The molecule has 0 spiro atoms. The van der Waals surface area contributed by atoms with Crippen molar-refractivity contribution in [3.63, 3.8) is 0 Å². The van der Waals surface area contributed by atoms with Crippen LogP contribution in [-0.2, 0) is 13.1 Å². The Morgan fingerprint density at radius 3 is 2.54 bits per heavy atom. The first-order chi connectivity index (χ1) is 12.6. The highest BCUT2D eigenvalue weighted by Crippen LogP contribution is 2.32. The maximum atomic E-state index is 5.42. The number of nitrogens with one attached hydrogen (secondary N) is 2. The van der Waals surface area contributed by atoms with Gasteiger partial charge in [-0.05, 0) is 47.9 Å². The molecule has 6 nitrogen and oxygen atoms in total. The molecule has 3 rings (SSSR count). The lowest BCUT2D eigenvalue weighted by Gasteiger charge is -2.16. The van der Waals surface area contributed by atoms with Gasteiger partial charge in [0.15, 0.2) is 17.5 Å². The van der Waals surface area contributed by atoms with Crippen LogP contribution in [0.4, 0.5) is 5.69 Å². The van der Waals surface area contributed by atoms with Gasteiger partial charge in [0.25, 0.3) is 0 Å². The Morgan fingerprint density at radius 1 is 1.04 bits per heavy atom. The molecule has 0 fully saturated rings. The first kappa shape index (κ1) is 17.9. The predicted molar refractivity (Wildman–Crippen MR) is 105 cm³/mol. The standard InChI is InChI=1S/C20H26N4O2/c1-14-9-17(24(3)4)7-6-16(14)12-23-20(21-2)22-11-15-5-8-18-19(10-15)26-13-25-18/h5-10H,11-13H2,1-4H3,(H2,21,22,23). The van der Waals surface area contributed by atoms with Gasteiger partial charge < -0.3 is 25.0 Å². The lowest BCUT2D eigenvalue weighted by molar-refractivity contribution is 0.174. The first-order valence-corrected chi connectivity index (χ1v) is 8.66. The zero-order valence-corrected chi connectivity index (χ0v) is 15.8. The number of hydrogen-bond acceptors (Lipinski definition) is 4. The van der Waals surface area contributed by atoms with E-state index in [2.05, 4.69) is 59.7 Å². The van der Waals surface area contributed by atoms with Crippen molar-refractivity contribution in [1.82, 2.24) is 10.6 Å². The molecule has 0 aliphatic carbocycles. The van der Waals surface area contributed by atoms with Crippen LogP contribution >= 0.6 is 0 Å². The van der Waals surface area contributed by atoms with E-state index in [0.717, 1.165) is 29.6 Å². The van der Waals surface area contributed by atoms with E-state index in [1.165, 1.54) is 16.8 Å². The number of ether oxygens (including phenoxy) is 2. The van der Waals surface area contributed by atoms with E-state index in [4.69, 9.17) is 9.47 Å². The minimum atomic E-state index is 0.293. The largest absolute Gasteiger partial charge is 0.454 e. The summed E-state index contributed by atoms with van der Waals surface area (Å²) >= 11 is 0. The van der Waals surface area contributed by atoms with E-state index >= 15 is 0 Å². The van der Waals surface area contributed by atoms with Gasteiger partial charge in [-0.2, -0.15) is 0 Å². The minimum Gasteiger partial charge on any atom is -0.454 e. The number of aliphatic imine (C=N–C) groups is 1. The van der Waals surface area contributed by atoms with Gasteiger partial charge in [-0.3, -0.25) is 4.99 Å². The zero-order valence-electron chi connectivity index (χ0n) is 15.8. The number of rotatable bonds is 5. The fraction of sp³-hybridized carbons (Fsp3) is 0.350. The molecule has 0 saturated carbocycles. The molecule has 2 aromatic rings. The molecule has 0 amide bonds. The monoisotopic (exact) mass is 354 g/mol. The van der Waals surface area contributed by atoms with E-state index in [1.807, 2.05) is 18.2 Å². The highest BCUT2D eigenvalue weighted by Gasteiger charge is 2.13. The molecule has 6 heteroatoms. The lowest BCUT2D eigenvalue weighted by Crippen LogP contribution is -2.36. The Labute approximate surface area is 154 Å². The van der Waals surface area contributed by atoms with Gasteiger partial charge in [0.2, 0.25) is 6.79 Å². The molecule has 0 aromatic heterocycles. The van der Waals surface area contributed by atoms with Crippen molar-refractivity contribution in [3.8, 4) is 11.5 Å². The molecule has 1 heterocycles. The predicted octanol–water partition coefficient (Wildman–Crippen LogP) is 2.65. The summed E-state index contributed by atoms with van der Waals surface area (Å²) in [6.07, 6.45) is 0. The van der Waals surface area contributed by atoms with Crippen LogP contribution in [0, 0.1) is 6.92 Å². The van der Waals surface area contributed by atoms with Crippen molar-refractivity contribution in [1.29, 1.82) is 0 Å². The molecule has 1 aliphatic heterocycles. The van der Waals surface area contributed by atoms with Crippen LogP contribution in [0.2, 0.25) is 0 Å². The van der Waals surface area contributed by atoms with Crippen molar-refractivity contribution in [2.75, 3.05) is 32.8 Å². The smallest absolute Gasteiger partial charge is 0.231 e. The molecule has 2 N–H and O–H groups in total. The Kier molecular flexibility index (Phi) is 5.51. The Hall–Kier alpha value is -2.89. The summed E-state index contributed by atoms with van der Waals surface area (Å²) < 4.78 is 10.8. The van der Waals surface area contributed by atoms with Gasteiger partial charge in [-0.1, -0.05) is 12.1 Å². The fourth-order valence-corrected chi connectivity index (χ4v) is 2.79. The second-order valence-electron chi connectivity index (χ2n) is 6.47. The molecule has 2 aromatic carbocycles. The van der Waals surface area contributed by atoms with Crippen molar-refractivity contribution in [2.24, 2.45) is 4.99 Å². The van der Waals surface area contributed by atoms with Crippen LogP contribution in [0.1, 0.15) is 16.7 Å². The normalized spacial score (nSPS) is 12.8. The van der Waals surface area contributed by atoms with Crippen LogP contribution in [0.3, 0.4) is 0 Å². The molecule has 0 saturated heterocycles. The van der Waals surface area contributed by atoms with E-state index in [9.17, 15) is 0 Å². The van der Waals surface area contributed by atoms with Crippen molar-refractivity contribution in [2.45, 2.75) is 20.0 Å². The summed E-state index contributed by atoms with van der Waals surface area (Å²) in [5, 5.41) is 6.70. The molecule has 138 valence electrons. The molecule has 1 aliphatic rings. The van der Waals surface area contributed by atoms with Gasteiger partial charge in [-0.15, -0.1) is 0 Å².